The molecule has 0 fully saturated rings. The lowest BCUT2D eigenvalue weighted by atomic mass is 9.97. The Morgan fingerprint density at radius 3 is 2.68 bits per heavy atom. The lowest BCUT2D eigenvalue weighted by molar-refractivity contribution is 0.0423. The van der Waals surface area contributed by atoms with Crippen molar-refractivity contribution in [2.24, 2.45) is 0 Å². The van der Waals surface area contributed by atoms with Gasteiger partial charge in [0.05, 0.1) is 12.7 Å². The van der Waals surface area contributed by atoms with Crippen LogP contribution in [0.3, 0.4) is 0 Å². The van der Waals surface area contributed by atoms with E-state index < -0.39 is 0 Å². The van der Waals surface area contributed by atoms with E-state index in [2.05, 4.69) is 53.8 Å². The third-order valence-corrected chi connectivity index (χ3v) is 3.59. The number of benzene rings is 2. The smallest absolute Gasteiger partial charge is 0.0952 e. The van der Waals surface area contributed by atoms with Crippen LogP contribution in [-0.4, -0.2) is 13.2 Å². The molecule has 2 nitrogen and oxygen atoms in total. The molecule has 2 aromatic carbocycles. The monoisotopic (exact) mass is 253 g/mol. The van der Waals surface area contributed by atoms with Crippen molar-refractivity contribution in [2.45, 2.75) is 19.1 Å². The first kappa shape index (κ1) is 12.4. The van der Waals surface area contributed by atoms with E-state index in [0.29, 0.717) is 0 Å². The summed E-state index contributed by atoms with van der Waals surface area (Å²) in [6.07, 6.45) is 1.22. The Bertz CT molecular complexity index is 524. The fraction of sp³-hybridized carbons (Fsp3) is 0.294. The highest BCUT2D eigenvalue weighted by Gasteiger charge is 2.19. The SMILES string of the molecule is c1ccc(CNC[C@@H]2OCCc3ccccc32)cc1. The molecule has 98 valence electrons. The summed E-state index contributed by atoms with van der Waals surface area (Å²) in [5, 5.41) is 3.49. The van der Waals surface area contributed by atoms with Crippen molar-refractivity contribution in [3.8, 4) is 0 Å². The van der Waals surface area contributed by atoms with Gasteiger partial charge in [-0.3, -0.25) is 0 Å². The Balaban J connectivity index is 1.59. The lowest BCUT2D eigenvalue weighted by Gasteiger charge is -2.26. The van der Waals surface area contributed by atoms with Crippen molar-refractivity contribution in [1.29, 1.82) is 0 Å². The summed E-state index contributed by atoms with van der Waals surface area (Å²) in [5.74, 6) is 0. The quantitative estimate of drug-likeness (QED) is 0.904. The number of ether oxygens (including phenoxy) is 1. The van der Waals surface area contributed by atoms with Gasteiger partial charge in [-0.05, 0) is 23.1 Å². The van der Waals surface area contributed by atoms with Gasteiger partial charge in [0, 0.05) is 13.1 Å². The van der Waals surface area contributed by atoms with E-state index in [-0.39, 0.29) is 6.10 Å². The number of fused-ring (bicyclic) bond motifs is 1. The van der Waals surface area contributed by atoms with Crippen molar-refractivity contribution in [3.05, 3.63) is 71.3 Å². The molecule has 0 spiro atoms. The van der Waals surface area contributed by atoms with Crippen molar-refractivity contribution in [2.75, 3.05) is 13.2 Å². The summed E-state index contributed by atoms with van der Waals surface area (Å²) in [4.78, 5) is 0. The Morgan fingerprint density at radius 2 is 1.79 bits per heavy atom. The third-order valence-electron chi connectivity index (χ3n) is 3.59. The van der Waals surface area contributed by atoms with Crippen LogP contribution in [0.15, 0.2) is 54.6 Å². The molecule has 1 N–H and O–H groups in total. The molecule has 1 atom stereocenters. The molecule has 0 radical (unpaired) electrons. The first-order chi connectivity index (χ1) is 9.43. The molecule has 0 aliphatic carbocycles. The Hall–Kier alpha value is -1.64. The van der Waals surface area contributed by atoms with Gasteiger partial charge in [0.15, 0.2) is 0 Å². The van der Waals surface area contributed by atoms with E-state index >= 15 is 0 Å². The minimum absolute atomic E-state index is 0.189. The molecule has 1 aliphatic heterocycles. The predicted molar refractivity (Wildman–Crippen MR) is 77.0 cm³/mol. The molecule has 2 aromatic rings. The predicted octanol–water partition coefficient (Wildman–Crippen LogP) is 3.09. The normalized spacial score (nSPS) is 18.0. The summed E-state index contributed by atoms with van der Waals surface area (Å²) in [6, 6.07) is 19.1. The fourth-order valence-electron chi connectivity index (χ4n) is 2.59. The maximum absolute atomic E-state index is 5.88. The zero-order valence-electron chi connectivity index (χ0n) is 11.0. The van der Waals surface area contributed by atoms with Crippen LogP contribution in [0.25, 0.3) is 0 Å². The van der Waals surface area contributed by atoms with Gasteiger partial charge in [-0.2, -0.15) is 0 Å². The average molecular weight is 253 g/mol. The molecule has 19 heavy (non-hydrogen) atoms. The van der Waals surface area contributed by atoms with Gasteiger partial charge in [-0.1, -0.05) is 54.6 Å². The Kier molecular flexibility index (Phi) is 3.92. The van der Waals surface area contributed by atoms with E-state index in [1.165, 1.54) is 16.7 Å². The van der Waals surface area contributed by atoms with Crippen LogP contribution in [0.2, 0.25) is 0 Å². The van der Waals surface area contributed by atoms with Crippen LogP contribution in [0.4, 0.5) is 0 Å². The first-order valence-electron chi connectivity index (χ1n) is 6.87. The Morgan fingerprint density at radius 1 is 1.00 bits per heavy atom. The average Bonchev–Trinajstić information content (AvgIpc) is 2.49. The molecule has 3 rings (SSSR count). The van der Waals surface area contributed by atoms with E-state index in [9.17, 15) is 0 Å². The van der Waals surface area contributed by atoms with Crippen LogP contribution in [0.5, 0.6) is 0 Å². The molecule has 1 aliphatic rings. The second kappa shape index (κ2) is 6.00. The summed E-state index contributed by atoms with van der Waals surface area (Å²) < 4.78 is 5.88. The summed E-state index contributed by atoms with van der Waals surface area (Å²) >= 11 is 0. The number of nitrogens with one attached hydrogen (secondary N) is 1. The molecule has 1 heterocycles. The Labute approximate surface area is 114 Å². The minimum Gasteiger partial charge on any atom is -0.372 e. The van der Waals surface area contributed by atoms with E-state index in [4.69, 9.17) is 4.74 Å². The van der Waals surface area contributed by atoms with Crippen molar-refractivity contribution >= 4 is 0 Å². The first-order valence-corrected chi connectivity index (χ1v) is 6.87. The molecule has 0 saturated carbocycles. The minimum atomic E-state index is 0.189. The second-order valence-corrected chi connectivity index (χ2v) is 4.92. The van der Waals surface area contributed by atoms with Crippen molar-refractivity contribution < 1.29 is 4.74 Å². The van der Waals surface area contributed by atoms with Crippen LogP contribution < -0.4 is 5.32 Å². The molecule has 0 amide bonds. The lowest BCUT2D eigenvalue weighted by Crippen LogP contribution is -2.27. The molecule has 0 aromatic heterocycles. The highest BCUT2D eigenvalue weighted by atomic mass is 16.5. The summed E-state index contributed by atoms with van der Waals surface area (Å²) in [5.41, 5.74) is 4.08. The zero-order chi connectivity index (χ0) is 12.9. The third kappa shape index (κ3) is 3.03. The number of hydrogen-bond acceptors (Lipinski definition) is 2. The number of rotatable bonds is 4. The number of hydrogen-bond donors (Lipinski definition) is 1. The summed E-state index contributed by atoms with van der Waals surface area (Å²) in [7, 11) is 0. The van der Waals surface area contributed by atoms with Gasteiger partial charge in [-0.25, -0.2) is 0 Å². The molecule has 2 heteroatoms. The van der Waals surface area contributed by atoms with E-state index in [1.807, 2.05) is 6.07 Å². The molecular formula is C17H19NO. The fourth-order valence-corrected chi connectivity index (χ4v) is 2.59. The molecular weight excluding hydrogens is 234 g/mol. The van der Waals surface area contributed by atoms with Gasteiger partial charge in [0.2, 0.25) is 0 Å². The van der Waals surface area contributed by atoms with Crippen LogP contribution in [-0.2, 0) is 17.7 Å². The highest BCUT2D eigenvalue weighted by Crippen LogP contribution is 2.26. The van der Waals surface area contributed by atoms with Gasteiger partial charge >= 0.3 is 0 Å². The standard InChI is InChI=1S/C17H19NO/c1-2-6-14(7-3-1)12-18-13-17-16-9-5-4-8-15(16)10-11-19-17/h1-9,17-18H,10-13H2/t17-/m0/s1. The van der Waals surface area contributed by atoms with Crippen LogP contribution in [0.1, 0.15) is 22.8 Å². The van der Waals surface area contributed by atoms with Gasteiger partial charge in [0.25, 0.3) is 0 Å². The van der Waals surface area contributed by atoms with Gasteiger partial charge in [0.1, 0.15) is 0 Å². The maximum Gasteiger partial charge on any atom is 0.0952 e. The van der Waals surface area contributed by atoms with Crippen LogP contribution >= 0.6 is 0 Å². The molecule has 0 saturated heterocycles. The largest absolute Gasteiger partial charge is 0.372 e. The zero-order valence-corrected chi connectivity index (χ0v) is 11.0. The summed E-state index contributed by atoms with van der Waals surface area (Å²) in [6.45, 7) is 2.59. The van der Waals surface area contributed by atoms with Gasteiger partial charge < -0.3 is 10.1 Å². The second-order valence-electron chi connectivity index (χ2n) is 4.92. The molecule has 0 bridgehead atoms. The maximum atomic E-state index is 5.88. The topological polar surface area (TPSA) is 21.3 Å². The van der Waals surface area contributed by atoms with Crippen molar-refractivity contribution in [3.63, 3.8) is 0 Å². The van der Waals surface area contributed by atoms with E-state index in [1.54, 1.807) is 0 Å². The van der Waals surface area contributed by atoms with Gasteiger partial charge in [-0.15, -0.1) is 0 Å². The highest BCUT2D eigenvalue weighted by molar-refractivity contribution is 5.31. The molecule has 0 unspecified atom stereocenters. The van der Waals surface area contributed by atoms with E-state index in [0.717, 1.165) is 26.1 Å². The van der Waals surface area contributed by atoms with Crippen LogP contribution in [0, 0.1) is 0 Å². The van der Waals surface area contributed by atoms with Crippen molar-refractivity contribution in [1.82, 2.24) is 5.32 Å².